The molecule has 4 heteroatoms. The van der Waals surface area contributed by atoms with Crippen molar-refractivity contribution in [3.63, 3.8) is 0 Å². The SMILES string of the molecule is CC[C@@H](C)C[C@H](NC)c1nc(C)c(-c2c[nH]c3ccccc23)o1. The first-order valence-electron chi connectivity index (χ1n) is 8.35. The van der Waals surface area contributed by atoms with Crippen molar-refractivity contribution < 1.29 is 4.42 Å². The first kappa shape index (κ1) is 15.8. The normalized spacial score (nSPS) is 14.3. The lowest BCUT2D eigenvalue weighted by atomic mass is 9.99. The molecular weight excluding hydrogens is 286 g/mol. The van der Waals surface area contributed by atoms with E-state index in [0.29, 0.717) is 5.92 Å². The van der Waals surface area contributed by atoms with Crippen molar-refractivity contribution >= 4 is 10.9 Å². The number of oxazole rings is 1. The molecule has 2 atom stereocenters. The molecule has 3 rings (SSSR count). The van der Waals surface area contributed by atoms with Gasteiger partial charge in [-0.3, -0.25) is 0 Å². The highest BCUT2D eigenvalue weighted by Crippen LogP contribution is 2.33. The van der Waals surface area contributed by atoms with Crippen molar-refractivity contribution in [2.75, 3.05) is 7.05 Å². The minimum atomic E-state index is 0.155. The summed E-state index contributed by atoms with van der Waals surface area (Å²) in [6, 6.07) is 8.42. The van der Waals surface area contributed by atoms with Gasteiger partial charge in [0.2, 0.25) is 5.89 Å². The van der Waals surface area contributed by atoms with E-state index in [1.807, 2.05) is 32.3 Å². The van der Waals surface area contributed by atoms with Gasteiger partial charge in [-0.1, -0.05) is 38.5 Å². The van der Waals surface area contributed by atoms with Gasteiger partial charge in [0.1, 0.15) is 0 Å². The quantitative estimate of drug-likeness (QED) is 0.685. The van der Waals surface area contributed by atoms with Gasteiger partial charge < -0.3 is 14.7 Å². The van der Waals surface area contributed by atoms with E-state index in [-0.39, 0.29) is 6.04 Å². The summed E-state index contributed by atoms with van der Waals surface area (Å²) in [4.78, 5) is 7.99. The molecule has 0 amide bonds. The predicted octanol–water partition coefficient (Wildman–Crippen LogP) is 4.83. The fourth-order valence-electron chi connectivity index (χ4n) is 2.99. The molecule has 0 saturated carbocycles. The number of para-hydroxylation sites is 1. The highest BCUT2D eigenvalue weighted by molar-refractivity contribution is 5.94. The third kappa shape index (κ3) is 3.04. The van der Waals surface area contributed by atoms with E-state index in [1.165, 1.54) is 5.39 Å². The number of H-pyrrole nitrogens is 1. The number of nitrogens with one attached hydrogen (secondary N) is 2. The van der Waals surface area contributed by atoms with Crippen molar-refractivity contribution in [1.82, 2.24) is 15.3 Å². The van der Waals surface area contributed by atoms with Crippen molar-refractivity contribution in [3.8, 4) is 11.3 Å². The Bertz CT molecular complexity index is 787. The van der Waals surface area contributed by atoms with Gasteiger partial charge in [0, 0.05) is 22.7 Å². The second-order valence-electron chi connectivity index (χ2n) is 6.30. The summed E-state index contributed by atoms with van der Waals surface area (Å²) in [6.45, 7) is 6.50. The fourth-order valence-corrected chi connectivity index (χ4v) is 2.99. The highest BCUT2D eigenvalue weighted by Gasteiger charge is 2.22. The van der Waals surface area contributed by atoms with E-state index in [9.17, 15) is 0 Å². The molecule has 0 aliphatic heterocycles. The Hall–Kier alpha value is -2.07. The summed E-state index contributed by atoms with van der Waals surface area (Å²) >= 11 is 0. The van der Waals surface area contributed by atoms with E-state index in [4.69, 9.17) is 4.42 Å². The second-order valence-corrected chi connectivity index (χ2v) is 6.30. The smallest absolute Gasteiger partial charge is 0.212 e. The van der Waals surface area contributed by atoms with Crippen LogP contribution in [0.1, 0.15) is 44.3 Å². The van der Waals surface area contributed by atoms with Gasteiger partial charge in [-0.25, -0.2) is 4.98 Å². The van der Waals surface area contributed by atoms with E-state index < -0.39 is 0 Å². The lowest BCUT2D eigenvalue weighted by Gasteiger charge is -2.16. The summed E-state index contributed by atoms with van der Waals surface area (Å²) in [5.74, 6) is 2.28. The second kappa shape index (κ2) is 6.59. The molecule has 0 saturated heterocycles. The molecule has 2 aromatic heterocycles. The summed E-state index contributed by atoms with van der Waals surface area (Å²) in [7, 11) is 1.97. The monoisotopic (exact) mass is 311 g/mol. The molecule has 0 aliphatic carbocycles. The third-order valence-electron chi connectivity index (χ3n) is 4.63. The zero-order valence-electron chi connectivity index (χ0n) is 14.3. The van der Waals surface area contributed by atoms with Crippen LogP contribution in [-0.2, 0) is 0 Å². The molecule has 0 bridgehead atoms. The molecule has 2 N–H and O–H groups in total. The topological polar surface area (TPSA) is 53.9 Å². The minimum Gasteiger partial charge on any atom is -0.439 e. The summed E-state index contributed by atoms with van der Waals surface area (Å²) in [6.07, 6.45) is 4.19. The zero-order valence-corrected chi connectivity index (χ0v) is 14.3. The zero-order chi connectivity index (χ0) is 16.4. The number of benzene rings is 1. The minimum absolute atomic E-state index is 0.155. The molecule has 4 nitrogen and oxygen atoms in total. The first-order valence-corrected chi connectivity index (χ1v) is 8.35. The maximum absolute atomic E-state index is 6.17. The number of rotatable bonds is 6. The van der Waals surface area contributed by atoms with E-state index in [2.05, 4.69) is 41.3 Å². The molecular formula is C19H25N3O. The Labute approximate surface area is 137 Å². The van der Waals surface area contributed by atoms with Crippen LogP contribution in [0.2, 0.25) is 0 Å². The fraction of sp³-hybridized carbons (Fsp3) is 0.421. The summed E-state index contributed by atoms with van der Waals surface area (Å²) in [5, 5.41) is 4.51. The van der Waals surface area contributed by atoms with Crippen LogP contribution in [-0.4, -0.2) is 17.0 Å². The Morgan fingerprint density at radius 2 is 2.09 bits per heavy atom. The van der Waals surface area contributed by atoms with Crippen LogP contribution in [0.4, 0.5) is 0 Å². The lowest BCUT2D eigenvalue weighted by Crippen LogP contribution is -2.19. The van der Waals surface area contributed by atoms with Crippen LogP contribution in [0, 0.1) is 12.8 Å². The van der Waals surface area contributed by atoms with Crippen molar-refractivity contribution in [2.45, 2.75) is 39.7 Å². The molecule has 3 aromatic rings. The molecule has 0 unspecified atom stereocenters. The van der Waals surface area contributed by atoms with Crippen LogP contribution in [0.25, 0.3) is 22.2 Å². The number of aryl methyl sites for hydroxylation is 1. The van der Waals surface area contributed by atoms with Gasteiger partial charge in [0.15, 0.2) is 5.76 Å². The van der Waals surface area contributed by atoms with Crippen LogP contribution >= 0.6 is 0 Å². The van der Waals surface area contributed by atoms with Gasteiger partial charge in [-0.2, -0.15) is 0 Å². The molecule has 122 valence electrons. The van der Waals surface area contributed by atoms with Gasteiger partial charge in [0.25, 0.3) is 0 Å². The molecule has 0 fully saturated rings. The maximum Gasteiger partial charge on any atom is 0.212 e. The average molecular weight is 311 g/mol. The largest absolute Gasteiger partial charge is 0.439 e. The lowest BCUT2D eigenvalue weighted by molar-refractivity contribution is 0.354. The molecule has 0 radical (unpaired) electrons. The molecule has 2 heterocycles. The number of fused-ring (bicyclic) bond motifs is 1. The standard InChI is InChI=1S/C19H25N3O/c1-5-12(2)10-17(20-4)19-22-13(3)18(23-19)15-11-21-16-9-7-6-8-14(15)16/h6-9,11-12,17,20-21H,5,10H2,1-4H3/t12-,17+/m1/s1. The average Bonchev–Trinajstić information content (AvgIpc) is 3.15. The number of nitrogens with zero attached hydrogens (tertiary/aromatic N) is 1. The van der Waals surface area contributed by atoms with Gasteiger partial charge >= 0.3 is 0 Å². The first-order chi connectivity index (χ1) is 11.1. The Balaban J connectivity index is 1.97. The molecule has 0 spiro atoms. The molecule has 1 aromatic carbocycles. The van der Waals surface area contributed by atoms with Crippen molar-refractivity contribution in [2.24, 2.45) is 5.92 Å². The Kier molecular flexibility index (Phi) is 4.53. The van der Waals surface area contributed by atoms with Gasteiger partial charge in [-0.05, 0) is 32.4 Å². The van der Waals surface area contributed by atoms with E-state index >= 15 is 0 Å². The number of aromatic amines is 1. The Morgan fingerprint density at radius 3 is 2.83 bits per heavy atom. The summed E-state index contributed by atoms with van der Waals surface area (Å²) in [5.41, 5.74) is 3.13. The maximum atomic E-state index is 6.17. The summed E-state index contributed by atoms with van der Waals surface area (Å²) < 4.78 is 6.17. The van der Waals surface area contributed by atoms with Crippen LogP contribution in [0.3, 0.4) is 0 Å². The van der Waals surface area contributed by atoms with Crippen LogP contribution in [0.15, 0.2) is 34.9 Å². The Morgan fingerprint density at radius 1 is 1.30 bits per heavy atom. The van der Waals surface area contributed by atoms with Crippen molar-refractivity contribution in [1.29, 1.82) is 0 Å². The molecule has 0 aliphatic rings. The highest BCUT2D eigenvalue weighted by atomic mass is 16.4. The van der Waals surface area contributed by atoms with Gasteiger partial charge in [-0.15, -0.1) is 0 Å². The van der Waals surface area contributed by atoms with Crippen molar-refractivity contribution in [3.05, 3.63) is 42.0 Å². The number of aromatic nitrogens is 2. The van der Waals surface area contributed by atoms with Crippen LogP contribution in [0.5, 0.6) is 0 Å². The third-order valence-corrected chi connectivity index (χ3v) is 4.63. The van der Waals surface area contributed by atoms with E-state index in [0.717, 1.165) is 41.3 Å². The van der Waals surface area contributed by atoms with Gasteiger partial charge in [0.05, 0.1) is 11.7 Å². The number of hydrogen-bond acceptors (Lipinski definition) is 3. The number of hydrogen-bond donors (Lipinski definition) is 2. The van der Waals surface area contributed by atoms with E-state index in [1.54, 1.807) is 0 Å². The molecule has 23 heavy (non-hydrogen) atoms. The predicted molar refractivity (Wildman–Crippen MR) is 94.4 cm³/mol. The van der Waals surface area contributed by atoms with Crippen LogP contribution < -0.4 is 5.32 Å².